The molecule has 2 N–H and O–H groups in total. The van der Waals surface area contributed by atoms with Gasteiger partial charge in [0.2, 0.25) is 0 Å². The first kappa shape index (κ1) is 13.6. The number of benzene rings is 1. The summed E-state index contributed by atoms with van der Waals surface area (Å²) in [6.45, 7) is 3.97. The Hall–Kier alpha value is -1.81. The van der Waals surface area contributed by atoms with E-state index in [1.54, 1.807) is 24.0 Å². The summed E-state index contributed by atoms with van der Waals surface area (Å²) in [5.74, 6) is 1.23. The second kappa shape index (κ2) is 5.89. The van der Waals surface area contributed by atoms with E-state index >= 15 is 0 Å². The Morgan fingerprint density at radius 1 is 1.26 bits per heavy atom. The fourth-order valence-corrected chi connectivity index (χ4v) is 2.55. The van der Waals surface area contributed by atoms with Crippen LogP contribution in [0.3, 0.4) is 0 Å². The first-order valence-electron chi connectivity index (χ1n) is 6.12. The van der Waals surface area contributed by atoms with Gasteiger partial charge in [-0.2, -0.15) is 0 Å². The standard InChI is InChI=1S/C15H16N2OS/c1-3-19-12-6-4-11(5-7-12)14(18)13-10(2)8-9-17-15(13)16/h4-9H,3H2,1-2H3,(H2,16,17). The topological polar surface area (TPSA) is 56.0 Å². The lowest BCUT2D eigenvalue weighted by atomic mass is 10.0. The van der Waals surface area contributed by atoms with Crippen LogP contribution in [0.5, 0.6) is 0 Å². The fourth-order valence-electron chi connectivity index (χ4n) is 1.89. The van der Waals surface area contributed by atoms with Gasteiger partial charge in [-0.25, -0.2) is 4.98 Å². The Morgan fingerprint density at radius 2 is 1.95 bits per heavy atom. The molecular formula is C15H16N2OS. The van der Waals surface area contributed by atoms with E-state index in [2.05, 4.69) is 11.9 Å². The van der Waals surface area contributed by atoms with Gasteiger partial charge in [0, 0.05) is 16.7 Å². The Kier molecular flexibility index (Phi) is 4.22. The van der Waals surface area contributed by atoms with Gasteiger partial charge < -0.3 is 5.73 Å². The lowest BCUT2D eigenvalue weighted by Gasteiger charge is -2.08. The van der Waals surface area contributed by atoms with Crippen molar-refractivity contribution in [2.75, 3.05) is 11.5 Å². The average molecular weight is 272 g/mol. The zero-order chi connectivity index (χ0) is 13.8. The summed E-state index contributed by atoms with van der Waals surface area (Å²) in [6, 6.07) is 9.40. The first-order valence-corrected chi connectivity index (χ1v) is 7.10. The molecule has 0 aliphatic rings. The number of hydrogen-bond acceptors (Lipinski definition) is 4. The summed E-state index contributed by atoms with van der Waals surface area (Å²) in [5, 5.41) is 0. The molecular weight excluding hydrogens is 256 g/mol. The minimum atomic E-state index is -0.0730. The van der Waals surface area contributed by atoms with E-state index in [4.69, 9.17) is 5.73 Å². The average Bonchev–Trinajstić information content (AvgIpc) is 2.39. The molecule has 0 atom stereocenters. The van der Waals surface area contributed by atoms with Crippen LogP contribution in [-0.2, 0) is 0 Å². The van der Waals surface area contributed by atoms with Crippen LogP contribution >= 0.6 is 11.8 Å². The number of pyridine rings is 1. The SMILES string of the molecule is CCSc1ccc(C(=O)c2c(C)ccnc2N)cc1. The number of carbonyl (C=O) groups is 1. The molecule has 1 heterocycles. The van der Waals surface area contributed by atoms with Crippen molar-refractivity contribution >= 4 is 23.4 Å². The normalized spacial score (nSPS) is 10.4. The van der Waals surface area contributed by atoms with Crippen molar-refractivity contribution in [3.05, 3.63) is 53.2 Å². The Bertz CT molecular complexity index is 573. The number of ketones is 1. The molecule has 3 nitrogen and oxygen atoms in total. The molecule has 0 radical (unpaired) electrons. The highest BCUT2D eigenvalue weighted by Crippen LogP contribution is 2.22. The maximum atomic E-state index is 12.4. The molecule has 0 spiro atoms. The maximum absolute atomic E-state index is 12.4. The molecule has 2 rings (SSSR count). The number of thioether (sulfide) groups is 1. The van der Waals surface area contributed by atoms with E-state index in [-0.39, 0.29) is 11.6 Å². The molecule has 1 aromatic carbocycles. The summed E-state index contributed by atoms with van der Waals surface area (Å²) in [5.41, 5.74) is 7.79. The van der Waals surface area contributed by atoms with E-state index in [1.807, 2.05) is 31.2 Å². The third-order valence-electron chi connectivity index (χ3n) is 2.84. The summed E-state index contributed by atoms with van der Waals surface area (Å²) in [4.78, 5) is 17.6. The van der Waals surface area contributed by atoms with E-state index < -0.39 is 0 Å². The molecule has 0 saturated heterocycles. The zero-order valence-corrected chi connectivity index (χ0v) is 11.8. The number of carbonyl (C=O) groups excluding carboxylic acids is 1. The van der Waals surface area contributed by atoms with Crippen LogP contribution in [0.2, 0.25) is 0 Å². The van der Waals surface area contributed by atoms with Crippen molar-refractivity contribution < 1.29 is 4.79 Å². The van der Waals surface area contributed by atoms with Crippen molar-refractivity contribution in [2.24, 2.45) is 0 Å². The van der Waals surface area contributed by atoms with Crippen molar-refractivity contribution in [3.63, 3.8) is 0 Å². The van der Waals surface area contributed by atoms with Gasteiger partial charge in [-0.3, -0.25) is 4.79 Å². The smallest absolute Gasteiger partial charge is 0.196 e. The van der Waals surface area contributed by atoms with Gasteiger partial charge in [0.1, 0.15) is 5.82 Å². The van der Waals surface area contributed by atoms with Crippen molar-refractivity contribution in [2.45, 2.75) is 18.7 Å². The Balaban J connectivity index is 2.34. The van der Waals surface area contributed by atoms with Crippen LogP contribution in [0, 0.1) is 6.92 Å². The summed E-state index contributed by atoms with van der Waals surface area (Å²) in [7, 11) is 0. The largest absolute Gasteiger partial charge is 0.383 e. The van der Waals surface area contributed by atoms with Gasteiger partial charge in [0.05, 0.1) is 5.56 Å². The van der Waals surface area contributed by atoms with E-state index in [0.717, 1.165) is 16.2 Å². The predicted molar refractivity (Wildman–Crippen MR) is 79.7 cm³/mol. The molecule has 19 heavy (non-hydrogen) atoms. The van der Waals surface area contributed by atoms with Gasteiger partial charge in [-0.1, -0.05) is 6.92 Å². The molecule has 0 aliphatic heterocycles. The van der Waals surface area contributed by atoms with Gasteiger partial charge >= 0.3 is 0 Å². The minimum absolute atomic E-state index is 0.0730. The Labute approximate surface area is 117 Å². The highest BCUT2D eigenvalue weighted by atomic mass is 32.2. The van der Waals surface area contributed by atoms with Gasteiger partial charge in [-0.15, -0.1) is 11.8 Å². The molecule has 1 aromatic heterocycles. The fraction of sp³-hybridized carbons (Fsp3) is 0.200. The second-order valence-electron chi connectivity index (χ2n) is 4.17. The van der Waals surface area contributed by atoms with Gasteiger partial charge in [0.15, 0.2) is 5.78 Å². The van der Waals surface area contributed by atoms with E-state index in [1.165, 1.54) is 0 Å². The monoisotopic (exact) mass is 272 g/mol. The lowest BCUT2D eigenvalue weighted by Crippen LogP contribution is -2.09. The Morgan fingerprint density at radius 3 is 2.53 bits per heavy atom. The number of nitrogens with zero attached hydrogens (tertiary/aromatic N) is 1. The van der Waals surface area contributed by atoms with Crippen molar-refractivity contribution in [3.8, 4) is 0 Å². The number of hydrogen-bond donors (Lipinski definition) is 1. The number of aryl methyl sites for hydroxylation is 1. The third-order valence-corrected chi connectivity index (χ3v) is 3.74. The molecule has 0 fully saturated rings. The van der Waals surface area contributed by atoms with Crippen molar-refractivity contribution in [1.29, 1.82) is 0 Å². The molecule has 0 aliphatic carbocycles. The maximum Gasteiger partial charge on any atom is 0.196 e. The van der Waals surface area contributed by atoms with Crippen LogP contribution in [0.4, 0.5) is 5.82 Å². The molecule has 0 amide bonds. The zero-order valence-electron chi connectivity index (χ0n) is 11.0. The molecule has 0 bridgehead atoms. The summed E-state index contributed by atoms with van der Waals surface area (Å²) in [6.07, 6.45) is 1.61. The molecule has 98 valence electrons. The second-order valence-corrected chi connectivity index (χ2v) is 5.51. The van der Waals surface area contributed by atoms with E-state index in [9.17, 15) is 4.79 Å². The van der Waals surface area contributed by atoms with Crippen molar-refractivity contribution in [1.82, 2.24) is 4.98 Å². The van der Waals surface area contributed by atoms with Crippen LogP contribution in [0.15, 0.2) is 41.4 Å². The van der Waals surface area contributed by atoms with Crippen LogP contribution in [0.25, 0.3) is 0 Å². The number of anilines is 1. The summed E-state index contributed by atoms with van der Waals surface area (Å²) < 4.78 is 0. The van der Waals surface area contributed by atoms with Crippen LogP contribution < -0.4 is 5.73 Å². The quantitative estimate of drug-likeness (QED) is 0.685. The van der Waals surface area contributed by atoms with Crippen LogP contribution in [-0.4, -0.2) is 16.5 Å². The number of nitrogens with two attached hydrogens (primary N) is 1. The number of rotatable bonds is 4. The molecule has 0 saturated carbocycles. The first-order chi connectivity index (χ1) is 9.13. The number of aromatic nitrogens is 1. The third kappa shape index (κ3) is 2.96. The van der Waals surface area contributed by atoms with Gasteiger partial charge in [0.25, 0.3) is 0 Å². The summed E-state index contributed by atoms with van der Waals surface area (Å²) >= 11 is 1.75. The minimum Gasteiger partial charge on any atom is -0.383 e. The molecule has 0 unspecified atom stereocenters. The highest BCUT2D eigenvalue weighted by Gasteiger charge is 2.15. The lowest BCUT2D eigenvalue weighted by molar-refractivity contribution is 0.103. The predicted octanol–water partition coefficient (Wildman–Crippen LogP) is 3.32. The van der Waals surface area contributed by atoms with Gasteiger partial charge in [-0.05, 0) is 48.6 Å². The van der Waals surface area contributed by atoms with E-state index in [0.29, 0.717) is 11.1 Å². The molecule has 2 aromatic rings. The number of nitrogen functional groups attached to an aromatic ring is 1. The highest BCUT2D eigenvalue weighted by molar-refractivity contribution is 7.99. The molecule has 4 heteroatoms. The van der Waals surface area contributed by atoms with Crippen LogP contribution in [0.1, 0.15) is 28.4 Å².